The van der Waals surface area contributed by atoms with Gasteiger partial charge in [-0.25, -0.2) is 9.97 Å². The molecule has 1 heterocycles. The number of halogens is 1. The Bertz CT molecular complexity index is 471. The van der Waals surface area contributed by atoms with Crippen LogP contribution in [0.5, 0.6) is 0 Å². The number of hydrogen-bond acceptors (Lipinski definition) is 4. The molecule has 0 bridgehead atoms. The molecular weight excluding hydrogens is 252 g/mol. The van der Waals surface area contributed by atoms with Gasteiger partial charge < -0.3 is 10.2 Å². The number of anilines is 1. The lowest BCUT2D eigenvalue weighted by Crippen LogP contribution is -2.29. The second-order valence-electron chi connectivity index (χ2n) is 4.76. The average molecular weight is 269 g/mol. The lowest BCUT2D eigenvalue weighted by Gasteiger charge is -2.13. The van der Waals surface area contributed by atoms with Gasteiger partial charge in [-0.3, -0.25) is 4.79 Å². The second kappa shape index (κ2) is 5.10. The number of carbonyl (C=O) groups is 1. The van der Waals surface area contributed by atoms with Crippen molar-refractivity contribution in [3.63, 3.8) is 0 Å². The lowest BCUT2D eigenvalue weighted by molar-refractivity contribution is -0.126. The van der Waals surface area contributed by atoms with Crippen molar-refractivity contribution in [3.8, 4) is 0 Å². The molecule has 2 rings (SSSR count). The summed E-state index contributed by atoms with van der Waals surface area (Å²) < 4.78 is 0. The number of aromatic nitrogens is 2. The van der Waals surface area contributed by atoms with Crippen LogP contribution >= 0.6 is 11.6 Å². The molecule has 0 spiro atoms. The third-order valence-corrected chi connectivity index (χ3v) is 3.32. The number of nitrogens with one attached hydrogen (secondary N) is 1. The van der Waals surface area contributed by atoms with Gasteiger partial charge in [-0.15, -0.1) is 0 Å². The quantitative estimate of drug-likeness (QED) is 0.847. The van der Waals surface area contributed by atoms with Gasteiger partial charge in [0.1, 0.15) is 16.8 Å². The Labute approximate surface area is 112 Å². The van der Waals surface area contributed by atoms with Gasteiger partial charge in [0, 0.05) is 25.6 Å². The first-order chi connectivity index (χ1) is 8.49. The van der Waals surface area contributed by atoms with Crippen molar-refractivity contribution in [2.75, 3.05) is 26.0 Å². The van der Waals surface area contributed by atoms with Crippen LogP contribution in [0, 0.1) is 6.92 Å². The van der Waals surface area contributed by atoms with Crippen molar-refractivity contribution in [1.82, 2.24) is 14.9 Å². The molecule has 5 nitrogen and oxygen atoms in total. The van der Waals surface area contributed by atoms with E-state index >= 15 is 0 Å². The molecule has 1 aromatic rings. The maximum atomic E-state index is 11.5. The Kier molecular flexibility index (Phi) is 3.71. The number of hydrogen-bond donors (Lipinski definition) is 1. The third kappa shape index (κ3) is 2.90. The molecule has 1 aliphatic carbocycles. The molecule has 98 valence electrons. The zero-order valence-electron chi connectivity index (χ0n) is 10.8. The number of carbonyl (C=O) groups excluding carboxylic acids is 1. The zero-order valence-corrected chi connectivity index (χ0v) is 11.6. The van der Waals surface area contributed by atoms with Gasteiger partial charge >= 0.3 is 0 Å². The highest BCUT2D eigenvalue weighted by Gasteiger charge is 2.28. The van der Waals surface area contributed by atoms with Crippen molar-refractivity contribution in [1.29, 1.82) is 0 Å². The first kappa shape index (κ1) is 13.1. The van der Waals surface area contributed by atoms with Crippen molar-refractivity contribution in [2.24, 2.45) is 0 Å². The topological polar surface area (TPSA) is 58.1 Å². The first-order valence-corrected chi connectivity index (χ1v) is 6.35. The van der Waals surface area contributed by atoms with E-state index in [-0.39, 0.29) is 12.5 Å². The van der Waals surface area contributed by atoms with Crippen LogP contribution in [0.4, 0.5) is 5.82 Å². The predicted molar refractivity (Wildman–Crippen MR) is 70.9 cm³/mol. The maximum Gasteiger partial charge on any atom is 0.241 e. The van der Waals surface area contributed by atoms with Crippen LogP contribution in [0.2, 0.25) is 5.15 Å². The van der Waals surface area contributed by atoms with Gasteiger partial charge in [0.2, 0.25) is 5.91 Å². The molecule has 0 radical (unpaired) electrons. The van der Waals surface area contributed by atoms with E-state index in [0.29, 0.717) is 16.9 Å². The number of rotatable bonds is 4. The van der Waals surface area contributed by atoms with Gasteiger partial charge in [0.15, 0.2) is 0 Å². The maximum absolute atomic E-state index is 11.5. The molecule has 1 aliphatic rings. The molecule has 0 aromatic carbocycles. The molecule has 0 atom stereocenters. The lowest BCUT2D eigenvalue weighted by atomic mass is 10.3. The van der Waals surface area contributed by atoms with Crippen LogP contribution in [-0.4, -0.2) is 41.4 Å². The number of likely N-dealkylation sites (N-methyl/N-ethyl adjacent to an activating group) is 1. The summed E-state index contributed by atoms with van der Waals surface area (Å²) >= 11 is 6.08. The molecule has 1 fully saturated rings. The molecule has 1 amide bonds. The molecule has 0 saturated heterocycles. The van der Waals surface area contributed by atoms with E-state index in [1.165, 1.54) is 4.90 Å². The summed E-state index contributed by atoms with van der Waals surface area (Å²) in [6, 6.07) is 0. The molecule has 1 N–H and O–H groups in total. The number of amides is 1. The van der Waals surface area contributed by atoms with Crippen molar-refractivity contribution < 1.29 is 4.79 Å². The summed E-state index contributed by atoms with van der Waals surface area (Å²) in [5, 5.41) is 3.50. The van der Waals surface area contributed by atoms with Crippen LogP contribution in [-0.2, 0) is 4.79 Å². The smallest absolute Gasteiger partial charge is 0.241 e. The Morgan fingerprint density at radius 1 is 1.44 bits per heavy atom. The standard InChI is InChI=1S/C12H17ClN4O/c1-7-10(13)15-12(8-4-5-8)16-11(7)14-6-9(18)17(2)3/h8H,4-6H2,1-3H3,(H,14,15,16). The van der Waals surface area contributed by atoms with E-state index in [4.69, 9.17) is 11.6 Å². The van der Waals surface area contributed by atoms with E-state index in [9.17, 15) is 4.79 Å². The van der Waals surface area contributed by atoms with Crippen LogP contribution in [0.15, 0.2) is 0 Å². The largest absolute Gasteiger partial charge is 0.361 e. The summed E-state index contributed by atoms with van der Waals surface area (Å²) in [6.45, 7) is 2.06. The third-order valence-electron chi connectivity index (χ3n) is 2.95. The molecule has 0 aliphatic heterocycles. The Hall–Kier alpha value is -1.36. The fourth-order valence-corrected chi connectivity index (χ4v) is 1.70. The Morgan fingerprint density at radius 2 is 2.11 bits per heavy atom. The van der Waals surface area contributed by atoms with Gasteiger partial charge in [-0.1, -0.05) is 11.6 Å². The monoisotopic (exact) mass is 268 g/mol. The van der Waals surface area contributed by atoms with Gasteiger partial charge in [0.05, 0.1) is 6.54 Å². The fraction of sp³-hybridized carbons (Fsp3) is 0.583. The normalized spacial score (nSPS) is 14.4. The SMILES string of the molecule is Cc1c(Cl)nc(C2CC2)nc1NCC(=O)N(C)C. The minimum absolute atomic E-state index is 0.00268. The first-order valence-electron chi connectivity index (χ1n) is 5.97. The summed E-state index contributed by atoms with van der Waals surface area (Å²) in [6.07, 6.45) is 2.24. The molecule has 1 saturated carbocycles. The number of nitrogens with zero attached hydrogens (tertiary/aromatic N) is 3. The molecule has 1 aromatic heterocycles. The second-order valence-corrected chi connectivity index (χ2v) is 5.12. The fourth-order valence-electron chi connectivity index (χ4n) is 1.52. The highest BCUT2D eigenvalue weighted by Crippen LogP contribution is 2.39. The van der Waals surface area contributed by atoms with E-state index in [0.717, 1.165) is 24.2 Å². The van der Waals surface area contributed by atoms with Gasteiger partial charge in [-0.2, -0.15) is 0 Å². The minimum atomic E-state index is -0.00268. The zero-order chi connectivity index (χ0) is 13.3. The van der Waals surface area contributed by atoms with Crippen molar-refractivity contribution in [3.05, 3.63) is 16.5 Å². The molecule has 18 heavy (non-hydrogen) atoms. The highest BCUT2D eigenvalue weighted by atomic mass is 35.5. The summed E-state index contributed by atoms with van der Waals surface area (Å²) in [7, 11) is 3.44. The van der Waals surface area contributed by atoms with Gasteiger partial charge in [-0.05, 0) is 19.8 Å². The van der Waals surface area contributed by atoms with Crippen molar-refractivity contribution >= 4 is 23.3 Å². The van der Waals surface area contributed by atoms with E-state index in [2.05, 4.69) is 15.3 Å². The predicted octanol–water partition coefficient (Wildman–Crippen LogP) is 1.82. The highest BCUT2D eigenvalue weighted by molar-refractivity contribution is 6.30. The van der Waals surface area contributed by atoms with E-state index < -0.39 is 0 Å². The van der Waals surface area contributed by atoms with Crippen molar-refractivity contribution in [2.45, 2.75) is 25.7 Å². The van der Waals surface area contributed by atoms with Crippen LogP contribution in [0.1, 0.15) is 30.1 Å². The molecule has 6 heteroatoms. The summed E-state index contributed by atoms with van der Waals surface area (Å²) in [4.78, 5) is 21.8. The molecule has 0 unspecified atom stereocenters. The van der Waals surface area contributed by atoms with Gasteiger partial charge in [0.25, 0.3) is 0 Å². The summed E-state index contributed by atoms with van der Waals surface area (Å²) in [5.41, 5.74) is 0.785. The van der Waals surface area contributed by atoms with E-state index in [1.54, 1.807) is 14.1 Å². The van der Waals surface area contributed by atoms with Crippen LogP contribution in [0.3, 0.4) is 0 Å². The van der Waals surface area contributed by atoms with E-state index in [1.807, 2.05) is 6.92 Å². The van der Waals surface area contributed by atoms with Crippen LogP contribution in [0.25, 0.3) is 0 Å². The molecular formula is C12H17ClN4O. The van der Waals surface area contributed by atoms with Crippen LogP contribution < -0.4 is 5.32 Å². The average Bonchev–Trinajstić information content (AvgIpc) is 3.14. The Balaban J connectivity index is 2.13. The minimum Gasteiger partial charge on any atom is -0.361 e. The summed E-state index contributed by atoms with van der Waals surface area (Å²) in [5.74, 6) is 1.88. The Morgan fingerprint density at radius 3 is 2.67 bits per heavy atom.